The molecule has 0 aliphatic carbocycles. The average molecular weight is 322 g/mol. The summed E-state index contributed by atoms with van der Waals surface area (Å²) < 4.78 is 0. The van der Waals surface area contributed by atoms with Crippen molar-refractivity contribution >= 4 is 11.4 Å². The molecule has 0 heterocycles. The van der Waals surface area contributed by atoms with Gasteiger partial charge in [-0.25, -0.2) is 0 Å². The third-order valence-corrected chi connectivity index (χ3v) is 4.81. The van der Waals surface area contributed by atoms with Crippen molar-refractivity contribution in [3.63, 3.8) is 0 Å². The molecule has 0 aliphatic rings. The SMILES string of the molecule is Cc1cc(N)ccc1C(C)(C)/C=C/C(C)(C)c1ccc(N)cc1C. The minimum Gasteiger partial charge on any atom is -0.399 e. The maximum atomic E-state index is 5.89. The second kappa shape index (κ2) is 6.35. The summed E-state index contributed by atoms with van der Waals surface area (Å²) in [5.74, 6) is 0. The van der Waals surface area contributed by atoms with Crippen LogP contribution in [0.25, 0.3) is 0 Å². The van der Waals surface area contributed by atoms with Gasteiger partial charge in [-0.05, 0) is 60.4 Å². The van der Waals surface area contributed by atoms with E-state index < -0.39 is 0 Å². The van der Waals surface area contributed by atoms with Gasteiger partial charge in [-0.2, -0.15) is 0 Å². The smallest absolute Gasteiger partial charge is 0.0316 e. The van der Waals surface area contributed by atoms with E-state index in [-0.39, 0.29) is 10.8 Å². The van der Waals surface area contributed by atoms with Crippen molar-refractivity contribution in [2.45, 2.75) is 52.4 Å². The van der Waals surface area contributed by atoms with Crippen LogP contribution in [0.1, 0.15) is 49.9 Å². The first-order valence-electron chi connectivity index (χ1n) is 8.46. The zero-order chi connectivity index (χ0) is 18.1. The second-order valence-electron chi connectivity index (χ2n) is 7.93. The van der Waals surface area contributed by atoms with Gasteiger partial charge < -0.3 is 11.5 Å². The molecule has 24 heavy (non-hydrogen) atoms. The summed E-state index contributed by atoms with van der Waals surface area (Å²) in [6.45, 7) is 13.2. The van der Waals surface area contributed by atoms with Crippen LogP contribution in [0, 0.1) is 13.8 Å². The Kier molecular flexibility index (Phi) is 4.80. The van der Waals surface area contributed by atoms with Crippen molar-refractivity contribution in [3.8, 4) is 0 Å². The lowest BCUT2D eigenvalue weighted by Gasteiger charge is -2.28. The molecule has 0 saturated heterocycles. The Morgan fingerprint density at radius 1 is 0.667 bits per heavy atom. The molecule has 2 aromatic carbocycles. The van der Waals surface area contributed by atoms with E-state index in [0.29, 0.717) is 0 Å². The molecule has 0 saturated carbocycles. The fourth-order valence-electron chi connectivity index (χ4n) is 3.42. The number of benzene rings is 2. The topological polar surface area (TPSA) is 52.0 Å². The summed E-state index contributed by atoms with van der Waals surface area (Å²) in [7, 11) is 0. The number of rotatable bonds is 4. The van der Waals surface area contributed by atoms with Gasteiger partial charge in [-0.3, -0.25) is 0 Å². The first kappa shape index (κ1) is 18.1. The number of nitrogens with two attached hydrogens (primary N) is 2. The van der Waals surface area contributed by atoms with Gasteiger partial charge in [-0.1, -0.05) is 52.0 Å². The predicted octanol–water partition coefficient (Wildman–Crippen LogP) is 5.28. The molecular weight excluding hydrogens is 292 g/mol. The molecule has 0 bridgehead atoms. The van der Waals surface area contributed by atoms with Crippen molar-refractivity contribution in [1.82, 2.24) is 0 Å². The van der Waals surface area contributed by atoms with Crippen molar-refractivity contribution in [2.75, 3.05) is 11.5 Å². The molecule has 0 unspecified atom stereocenters. The zero-order valence-electron chi connectivity index (χ0n) is 15.8. The van der Waals surface area contributed by atoms with Crippen molar-refractivity contribution < 1.29 is 0 Å². The lowest BCUT2D eigenvalue weighted by atomic mass is 9.76. The Morgan fingerprint density at radius 2 is 1.00 bits per heavy atom. The number of allylic oxidation sites excluding steroid dienone is 2. The first-order valence-corrected chi connectivity index (χ1v) is 8.46. The van der Waals surface area contributed by atoms with Gasteiger partial charge in [0.25, 0.3) is 0 Å². The van der Waals surface area contributed by atoms with E-state index in [1.54, 1.807) is 0 Å². The van der Waals surface area contributed by atoms with Gasteiger partial charge in [0.1, 0.15) is 0 Å². The third-order valence-electron chi connectivity index (χ3n) is 4.81. The number of hydrogen-bond donors (Lipinski definition) is 2. The fourth-order valence-corrected chi connectivity index (χ4v) is 3.42. The minimum atomic E-state index is -0.0588. The third kappa shape index (κ3) is 3.81. The Morgan fingerprint density at radius 3 is 1.29 bits per heavy atom. The summed E-state index contributed by atoms with van der Waals surface area (Å²) in [5, 5.41) is 0. The van der Waals surface area contributed by atoms with Crippen LogP contribution in [-0.2, 0) is 10.8 Å². The molecular formula is C22H30N2. The van der Waals surface area contributed by atoms with E-state index >= 15 is 0 Å². The quantitative estimate of drug-likeness (QED) is 0.594. The van der Waals surface area contributed by atoms with Gasteiger partial charge in [0.15, 0.2) is 0 Å². The fraction of sp³-hybridized carbons (Fsp3) is 0.364. The van der Waals surface area contributed by atoms with Gasteiger partial charge in [-0.15, -0.1) is 0 Å². The highest BCUT2D eigenvalue weighted by Crippen LogP contribution is 2.33. The number of anilines is 2. The zero-order valence-corrected chi connectivity index (χ0v) is 15.8. The summed E-state index contributed by atoms with van der Waals surface area (Å²) >= 11 is 0. The van der Waals surface area contributed by atoms with E-state index in [1.807, 2.05) is 24.3 Å². The molecule has 0 radical (unpaired) electrons. The molecule has 0 aliphatic heterocycles. The van der Waals surface area contributed by atoms with E-state index in [1.165, 1.54) is 22.3 Å². The number of hydrogen-bond acceptors (Lipinski definition) is 2. The van der Waals surface area contributed by atoms with Crippen LogP contribution in [0.2, 0.25) is 0 Å². The number of aryl methyl sites for hydroxylation is 2. The van der Waals surface area contributed by atoms with Gasteiger partial charge in [0, 0.05) is 22.2 Å². The summed E-state index contributed by atoms with van der Waals surface area (Å²) in [6.07, 6.45) is 4.61. The molecule has 2 heteroatoms. The Hall–Kier alpha value is -2.22. The van der Waals surface area contributed by atoms with Gasteiger partial charge in [0.2, 0.25) is 0 Å². The summed E-state index contributed by atoms with van der Waals surface area (Å²) in [6, 6.07) is 12.3. The standard InChI is InChI=1S/C22H30N2/c1-15-13-17(23)7-9-19(15)21(3,4)11-12-22(5,6)20-10-8-18(24)14-16(20)2/h7-14H,23-24H2,1-6H3/b12-11+. The average Bonchev–Trinajstić information content (AvgIpc) is 2.44. The van der Waals surface area contributed by atoms with Crippen LogP contribution in [0.5, 0.6) is 0 Å². The lowest BCUT2D eigenvalue weighted by molar-refractivity contribution is 0.621. The van der Waals surface area contributed by atoms with E-state index in [2.05, 4.69) is 65.8 Å². The lowest BCUT2D eigenvalue weighted by Crippen LogP contribution is -2.20. The van der Waals surface area contributed by atoms with Crippen LogP contribution in [0.3, 0.4) is 0 Å². The monoisotopic (exact) mass is 322 g/mol. The van der Waals surface area contributed by atoms with Gasteiger partial charge in [0.05, 0.1) is 0 Å². The molecule has 2 aromatic rings. The van der Waals surface area contributed by atoms with Crippen molar-refractivity contribution in [2.24, 2.45) is 0 Å². The highest BCUT2D eigenvalue weighted by Gasteiger charge is 2.24. The largest absolute Gasteiger partial charge is 0.399 e. The van der Waals surface area contributed by atoms with E-state index in [4.69, 9.17) is 11.5 Å². The maximum Gasteiger partial charge on any atom is 0.0316 e. The Balaban J connectivity index is 2.36. The Bertz CT molecular complexity index is 702. The number of nitrogen functional groups attached to an aromatic ring is 2. The van der Waals surface area contributed by atoms with Crippen LogP contribution < -0.4 is 11.5 Å². The maximum absolute atomic E-state index is 5.89. The molecule has 0 fully saturated rings. The van der Waals surface area contributed by atoms with Crippen LogP contribution in [0.15, 0.2) is 48.6 Å². The normalized spacial score (nSPS) is 12.8. The Labute approximate surface area is 146 Å². The summed E-state index contributed by atoms with van der Waals surface area (Å²) in [4.78, 5) is 0. The van der Waals surface area contributed by atoms with Crippen molar-refractivity contribution in [1.29, 1.82) is 0 Å². The highest BCUT2D eigenvalue weighted by molar-refractivity contribution is 5.49. The molecule has 128 valence electrons. The van der Waals surface area contributed by atoms with Crippen LogP contribution in [0.4, 0.5) is 11.4 Å². The van der Waals surface area contributed by atoms with E-state index in [9.17, 15) is 0 Å². The summed E-state index contributed by atoms with van der Waals surface area (Å²) in [5.41, 5.74) is 18.4. The highest BCUT2D eigenvalue weighted by atomic mass is 14.5. The predicted molar refractivity (Wildman–Crippen MR) is 106 cm³/mol. The molecule has 0 amide bonds. The second-order valence-corrected chi connectivity index (χ2v) is 7.93. The first-order chi connectivity index (χ1) is 11.0. The minimum absolute atomic E-state index is 0.0588. The molecule has 2 nitrogen and oxygen atoms in total. The molecule has 4 N–H and O–H groups in total. The molecule has 2 rings (SSSR count). The van der Waals surface area contributed by atoms with Crippen molar-refractivity contribution in [3.05, 3.63) is 70.8 Å². The van der Waals surface area contributed by atoms with E-state index in [0.717, 1.165) is 11.4 Å². The molecule has 0 atom stereocenters. The van der Waals surface area contributed by atoms with Crippen LogP contribution in [-0.4, -0.2) is 0 Å². The molecule has 0 spiro atoms. The van der Waals surface area contributed by atoms with Gasteiger partial charge >= 0.3 is 0 Å². The molecule has 0 aromatic heterocycles. The van der Waals surface area contributed by atoms with Crippen LogP contribution >= 0.6 is 0 Å².